The van der Waals surface area contributed by atoms with Crippen LogP contribution in [0.1, 0.15) is 34.0 Å². The van der Waals surface area contributed by atoms with Crippen LogP contribution in [-0.4, -0.2) is 19.6 Å². The second-order valence-corrected chi connectivity index (χ2v) is 5.57. The number of carbonyl (C=O) groups is 1. The second kappa shape index (κ2) is 6.65. The lowest BCUT2D eigenvalue weighted by Crippen LogP contribution is -2.27. The Labute approximate surface area is 132 Å². The molecule has 22 heavy (non-hydrogen) atoms. The zero-order chi connectivity index (χ0) is 16.3. The summed E-state index contributed by atoms with van der Waals surface area (Å²) >= 11 is 0. The van der Waals surface area contributed by atoms with Crippen LogP contribution in [0.3, 0.4) is 0 Å². The van der Waals surface area contributed by atoms with Crippen LogP contribution in [-0.2, 0) is 0 Å². The van der Waals surface area contributed by atoms with Gasteiger partial charge in [0.1, 0.15) is 5.75 Å². The van der Waals surface area contributed by atoms with Crippen LogP contribution in [0, 0.1) is 20.8 Å². The highest BCUT2D eigenvalue weighted by molar-refractivity contribution is 6.06. The Bertz CT molecular complexity index is 692. The molecule has 116 valence electrons. The third-order valence-corrected chi connectivity index (χ3v) is 3.75. The molecule has 3 heteroatoms. The summed E-state index contributed by atoms with van der Waals surface area (Å²) in [7, 11) is 1.82. The molecule has 0 fully saturated rings. The maximum Gasteiger partial charge on any atom is 0.258 e. The van der Waals surface area contributed by atoms with Gasteiger partial charge in [0, 0.05) is 18.3 Å². The molecule has 0 heterocycles. The minimum Gasteiger partial charge on any atom is -0.494 e. The van der Waals surface area contributed by atoms with E-state index in [0.717, 1.165) is 28.1 Å². The van der Waals surface area contributed by atoms with E-state index in [1.54, 1.807) is 4.90 Å². The molecule has 2 rings (SSSR count). The molecule has 0 atom stereocenters. The smallest absolute Gasteiger partial charge is 0.258 e. The lowest BCUT2D eigenvalue weighted by atomic mass is 10.1. The van der Waals surface area contributed by atoms with Crippen LogP contribution in [0.2, 0.25) is 0 Å². The van der Waals surface area contributed by atoms with Crippen molar-refractivity contribution < 1.29 is 9.53 Å². The number of nitrogens with zero attached hydrogens (tertiary/aromatic N) is 1. The largest absolute Gasteiger partial charge is 0.494 e. The Morgan fingerprint density at radius 2 is 1.77 bits per heavy atom. The third-order valence-electron chi connectivity index (χ3n) is 3.75. The van der Waals surface area contributed by atoms with E-state index in [9.17, 15) is 4.79 Å². The summed E-state index contributed by atoms with van der Waals surface area (Å²) < 4.78 is 5.53. The van der Waals surface area contributed by atoms with Gasteiger partial charge in [-0.25, -0.2) is 0 Å². The van der Waals surface area contributed by atoms with Gasteiger partial charge < -0.3 is 9.64 Å². The molecule has 2 aromatic carbocycles. The highest BCUT2D eigenvalue weighted by atomic mass is 16.5. The number of aryl methyl sites for hydroxylation is 3. The average Bonchev–Trinajstić information content (AvgIpc) is 2.50. The summed E-state index contributed by atoms with van der Waals surface area (Å²) in [4.78, 5) is 14.4. The Balaban J connectivity index is 2.31. The molecule has 2 aromatic rings. The standard InChI is InChI=1S/C19H23NO2/c1-6-22-18-10-9-16(12-15(18)4)19(21)20(5)17-11-13(2)7-8-14(17)3/h7-12H,6H2,1-5H3. The Morgan fingerprint density at radius 3 is 2.41 bits per heavy atom. The van der Waals surface area contributed by atoms with Gasteiger partial charge in [-0.15, -0.1) is 0 Å². The summed E-state index contributed by atoms with van der Waals surface area (Å²) in [6.45, 7) is 8.58. The maximum atomic E-state index is 12.7. The SMILES string of the molecule is CCOc1ccc(C(=O)N(C)c2cc(C)ccc2C)cc1C. The van der Waals surface area contributed by atoms with Crippen LogP contribution < -0.4 is 9.64 Å². The molecular formula is C19H23NO2. The van der Waals surface area contributed by atoms with Crippen molar-refractivity contribution in [2.45, 2.75) is 27.7 Å². The summed E-state index contributed by atoms with van der Waals surface area (Å²) in [5.74, 6) is 0.813. The minimum absolute atomic E-state index is 0.0140. The molecule has 0 aliphatic carbocycles. The number of carbonyl (C=O) groups excluding carboxylic acids is 1. The summed E-state index contributed by atoms with van der Waals surface area (Å²) in [5.41, 5.74) is 4.81. The number of amides is 1. The van der Waals surface area contributed by atoms with E-state index in [1.165, 1.54) is 0 Å². The molecule has 0 spiro atoms. The zero-order valence-electron chi connectivity index (χ0n) is 13.9. The molecule has 0 N–H and O–H groups in total. The fourth-order valence-corrected chi connectivity index (χ4v) is 2.48. The van der Waals surface area contributed by atoms with Gasteiger partial charge in [-0.05, 0) is 68.7 Å². The van der Waals surface area contributed by atoms with Gasteiger partial charge in [-0.1, -0.05) is 12.1 Å². The molecule has 0 saturated heterocycles. The van der Waals surface area contributed by atoms with Gasteiger partial charge in [0.15, 0.2) is 0 Å². The number of ether oxygens (including phenoxy) is 1. The van der Waals surface area contributed by atoms with Gasteiger partial charge in [-0.2, -0.15) is 0 Å². The van der Waals surface area contributed by atoms with Crippen molar-refractivity contribution in [1.82, 2.24) is 0 Å². The third kappa shape index (κ3) is 3.30. The Morgan fingerprint density at radius 1 is 1.05 bits per heavy atom. The molecule has 0 aliphatic heterocycles. The van der Waals surface area contributed by atoms with Crippen LogP contribution in [0.25, 0.3) is 0 Å². The first kappa shape index (κ1) is 16.1. The van der Waals surface area contributed by atoms with Crippen molar-refractivity contribution in [3.63, 3.8) is 0 Å². The average molecular weight is 297 g/mol. The van der Waals surface area contributed by atoms with Gasteiger partial charge >= 0.3 is 0 Å². The number of benzene rings is 2. The summed E-state index contributed by atoms with van der Waals surface area (Å²) in [5, 5.41) is 0. The first-order valence-corrected chi connectivity index (χ1v) is 7.52. The van der Waals surface area contributed by atoms with Crippen molar-refractivity contribution in [2.24, 2.45) is 0 Å². The van der Waals surface area contributed by atoms with E-state index < -0.39 is 0 Å². The molecule has 1 amide bonds. The molecule has 0 aromatic heterocycles. The monoisotopic (exact) mass is 297 g/mol. The number of rotatable bonds is 4. The number of hydrogen-bond acceptors (Lipinski definition) is 2. The number of hydrogen-bond donors (Lipinski definition) is 0. The van der Waals surface area contributed by atoms with E-state index in [-0.39, 0.29) is 5.91 Å². The van der Waals surface area contributed by atoms with Crippen molar-refractivity contribution in [1.29, 1.82) is 0 Å². The fourth-order valence-electron chi connectivity index (χ4n) is 2.48. The lowest BCUT2D eigenvalue weighted by Gasteiger charge is -2.21. The molecule has 0 bridgehead atoms. The predicted molar refractivity (Wildman–Crippen MR) is 91.0 cm³/mol. The second-order valence-electron chi connectivity index (χ2n) is 5.57. The fraction of sp³-hybridized carbons (Fsp3) is 0.316. The summed E-state index contributed by atoms with van der Waals surface area (Å²) in [6.07, 6.45) is 0. The Kier molecular flexibility index (Phi) is 4.86. The van der Waals surface area contributed by atoms with Crippen LogP contribution in [0.15, 0.2) is 36.4 Å². The van der Waals surface area contributed by atoms with E-state index in [1.807, 2.05) is 65.1 Å². The first-order chi connectivity index (χ1) is 10.4. The van der Waals surface area contributed by atoms with E-state index in [2.05, 4.69) is 6.07 Å². The Hall–Kier alpha value is -2.29. The van der Waals surface area contributed by atoms with Gasteiger partial charge in [0.05, 0.1) is 6.61 Å². The predicted octanol–water partition coefficient (Wildman–Crippen LogP) is 4.29. The summed E-state index contributed by atoms with van der Waals surface area (Å²) in [6, 6.07) is 11.7. The van der Waals surface area contributed by atoms with E-state index >= 15 is 0 Å². The first-order valence-electron chi connectivity index (χ1n) is 7.52. The van der Waals surface area contributed by atoms with Gasteiger partial charge in [0.2, 0.25) is 0 Å². The molecule has 0 aliphatic rings. The quantitative estimate of drug-likeness (QED) is 0.842. The molecule has 3 nitrogen and oxygen atoms in total. The van der Waals surface area contributed by atoms with Gasteiger partial charge in [-0.3, -0.25) is 4.79 Å². The maximum absolute atomic E-state index is 12.7. The molecule has 0 saturated carbocycles. The normalized spacial score (nSPS) is 10.4. The van der Waals surface area contributed by atoms with Crippen molar-refractivity contribution in [3.05, 3.63) is 58.7 Å². The van der Waals surface area contributed by atoms with Crippen molar-refractivity contribution >= 4 is 11.6 Å². The zero-order valence-corrected chi connectivity index (χ0v) is 13.9. The highest BCUT2D eigenvalue weighted by Crippen LogP contribution is 2.24. The highest BCUT2D eigenvalue weighted by Gasteiger charge is 2.16. The molecule has 0 unspecified atom stereocenters. The van der Waals surface area contributed by atoms with Crippen LogP contribution in [0.5, 0.6) is 5.75 Å². The van der Waals surface area contributed by atoms with Gasteiger partial charge in [0.25, 0.3) is 5.91 Å². The topological polar surface area (TPSA) is 29.5 Å². The number of anilines is 1. The van der Waals surface area contributed by atoms with Crippen molar-refractivity contribution in [3.8, 4) is 5.75 Å². The van der Waals surface area contributed by atoms with Crippen molar-refractivity contribution in [2.75, 3.05) is 18.6 Å². The molecular weight excluding hydrogens is 274 g/mol. The van der Waals surface area contributed by atoms with E-state index in [0.29, 0.717) is 12.2 Å². The van der Waals surface area contributed by atoms with E-state index in [4.69, 9.17) is 4.74 Å². The van der Waals surface area contributed by atoms with Crippen LogP contribution >= 0.6 is 0 Å². The molecule has 0 radical (unpaired) electrons. The lowest BCUT2D eigenvalue weighted by molar-refractivity contribution is 0.0992. The van der Waals surface area contributed by atoms with Crippen LogP contribution in [0.4, 0.5) is 5.69 Å². The minimum atomic E-state index is -0.0140.